The molecule has 0 aliphatic heterocycles. The molecule has 1 aromatic rings. The molecule has 0 aliphatic rings. The molecule has 1 heterocycles. The average Bonchev–Trinajstić information content (AvgIpc) is 2.37. The van der Waals surface area contributed by atoms with Crippen LogP contribution in [0.2, 0.25) is 0 Å². The highest BCUT2D eigenvalue weighted by atomic mass is 16.5. The van der Waals surface area contributed by atoms with E-state index in [-0.39, 0.29) is 12.2 Å². The average molecular weight is 241 g/mol. The van der Waals surface area contributed by atoms with Crippen molar-refractivity contribution in [1.82, 2.24) is 4.98 Å². The zero-order chi connectivity index (χ0) is 12.8. The third kappa shape index (κ3) is 3.40. The Balaban J connectivity index is 2.80. The molecule has 6 nitrogen and oxygen atoms in total. The van der Waals surface area contributed by atoms with Crippen molar-refractivity contribution in [2.45, 2.75) is 19.1 Å². The SMILES string of the molecule is CCOC(=O)C(O)C(O)c1cncc(OC)c1. The van der Waals surface area contributed by atoms with Gasteiger partial charge in [0.15, 0.2) is 6.10 Å². The van der Waals surface area contributed by atoms with Crippen LogP contribution in [0.4, 0.5) is 0 Å². The lowest BCUT2D eigenvalue weighted by molar-refractivity contribution is -0.159. The molecule has 2 atom stereocenters. The molecule has 1 rings (SSSR count). The second-order valence-corrected chi connectivity index (χ2v) is 3.30. The smallest absolute Gasteiger partial charge is 0.338 e. The third-order valence-corrected chi connectivity index (χ3v) is 2.14. The highest BCUT2D eigenvalue weighted by Gasteiger charge is 2.27. The minimum atomic E-state index is -1.64. The Morgan fingerprint density at radius 3 is 2.76 bits per heavy atom. The predicted molar refractivity (Wildman–Crippen MR) is 58.4 cm³/mol. The maximum atomic E-state index is 11.2. The van der Waals surface area contributed by atoms with Crippen molar-refractivity contribution in [3.05, 3.63) is 24.0 Å². The standard InChI is InChI=1S/C11H15NO5/c1-3-17-11(15)10(14)9(13)7-4-8(16-2)6-12-5-7/h4-6,9-10,13-14H,3H2,1-2H3. The molecule has 0 radical (unpaired) electrons. The molecule has 0 saturated carbocycles. The van der Waals surface area contributed by atoms with Gasteiger partial charge in [0.2, 0.25) is 0 Å². The molecule has 0 aliphatic carbocycles. The van der Waals surface area contributed by atoms with Crippen molar-refractivity contribution in [2.24, 2.45) is 0 Å². The van der Waals surface area contributed by atoms with E-state index in [9.17, 15) is 15.0 Å². The summed E-state index contributed by atoms with van der Waals surface area (Å²) in [6.45, 7) is 1.75. The van der Waals surface area contributed by atoms with Crippen LogP contribution in [0.3, 0.4) is 0 Å². The molecule has 17 heavy (non-hydrogen) atoms. The van der Waals surface area contributed by atoms with Gasteiger partial charge in [0.25, 0.3) is 0 Å². The molecule has 2 N–H and O–H groups in total. The number of carbonyl (C=O) groups is 1. The van der Waals surface area contributed by atoms with Crippen LogP contribution in [0.25, 0.3) is 0 Å². The van der Waals surface area contributed by atoms with Gasteiger partial charge in [-0.05, 0) is 13.0 Å². The van der Waals surface area contributed by atoms with E-state index in [1.54, 1.807) is 6.92 Å². The summed E-state index contributed by atoms with van der Waals surface area (Å²) in [5.41, 5.74) is 0.282. The zero-order valence-corrected chi connectivity index (χ0v) is 9.66. The highest BCUT2D eigenvalue weighted by molar-refractivity contribution is 5.75. The summed E-state index contributed by atoms with van der Waals surface area (Å²) in [5, 5.41) is 19.3. The molecular formula is C11H15NO5. The van der Waals surface area contributed by atoms with Crippen LogP contribution in [0.1, 0.15) is 18.6 Å². The summed E-state index contributed by atoms with van der Waals surface area (Å²) in [5.74, 6) is -0.444. The van der Waals surface area contributed by atoms with Gasteiger partial charge < -0.3 is 19.7 Å². The zero-order valence-electron chi connectivity index (χ0n) is 9.66. The molecule has 0 saturated heterocycles. The number of methoxy groups -OCH3 is 1. The predicted octanol–water partition coefficient (Wildman–Crippen LogP) is 0.0476. The van der Waals surface area contributed by atoms with Crippen LogP contribution >= 0.6 is 0 Å². The molecule has 1 aromatic heterocycles. The van der Waals surface area contributed by atoms with E-state index >= 15 is 0 Å². The van der Waals surface area contributed by atoms with Crippen molar-refractivity contribution >= 4 is 5.97 Å². The number of aliphatic hydroxyl groups is 2. The van der Waals surface area contributed by atoms with Gasteiger partial charge in [-0.15, -0.1) is 0 Å². The fourth-order valence-electron chi connectivity index (χ4n) is 1.25. The normalized spacial score (nSPS) is 13.9. The van der Waals surface area contributed by atoms with Crippen LogP contribution in [0, 0.1) is 0 Å². The van der Waals surface area contributed by atoms with Gasteiger partial charge in [0.1, 0.15) is 11.9 Å². The first-order valence-corrected chi connectivity index (χ1v) is 5.11. The number of aromatic nitrogens is 1. The first-order chi connectivity index (χ1) is 8.10. The van der Waals surface area contributed by atoms with Crippen molar-refractivity contribution in [3.8, 4) is 5.75 Å². The topological polar surface area (TPSA) is 88.9 Å². The lowest BCUT2D eigenvalue weighted by Crippen LogP contribution is -2.29. The maximum absolute atomic E-state index is 11.2. The van der Waals surface area contributed by atoms with E-state index in [4.69, 9.17) is 4.74 Å². The molecular weight excluding hydrogens is 226 g/mol. The van der Waals surface area contributed by atoms with Gasteiger partial charge >= 0.3 is 5.97 Å². The van der Waals surface area contributed by atoms with Crippen molar-refractivity contribution in [1.29, 1.82) is 0 Å². The number of hydrogen-bond acceptors (Lipinski definition) is 6. The summed E-state index contributed by atoms with van der Waals surface area (Å²) in [6, 6.07) is 1.49. The van der Waals surface area contributed by atoms with Crippen molar-refractivity contribution < 1.29 is 24.5 Å². The van der Waals surface area contributed by atoms with Gasteiger partial charge in [0, 0.05) is 11.8 Å². The molecule has 0 fully saturated rings. The lowest BCUT2D eigenvalue weighted by atomic mass is 10.1. The number of carbonyl (C=O) groups excluding carboxylic acids is 1. The van der Waals surface area contributed by atoms with Crippen LogP contribution < -0.4 is 4.74 Å². The first-order valence-electron chi connectivity index (χ1n) is 5.11. The minimum absolute atomic E-state index is 0.138. The van der Waals surface area contributed by atoms with Gasteiger partial charge in [0.05, 0.1) is 19.9 Å². The molecule has 0 aromatic carbocycles. The Bertz CT molecular complexity index is 382. The first kappa shape index (κ1) is 13.4. The monoisotopic (exact) mass is 241 g/mol. The third-order valence-electron chi connectivity index (χ3n) is 2.14. The summed E-state index contributed by atoms with van der Waals surface area (Å²) in [7, 11) is 1.45. The van der Waals surface area contributed by atoms with E-state index < -0.39 is 18.2 Å². The molecule has 2 unspecified atom stereocenters. The van der Waals surface area contributed by atoms with E-state index in [0.717, 1.165) is 0 Å². The number of rotatable bonds is 5. The number of aliphatic hydroxyl groups excluding tert-OH is 2. The number of esters is 1. The van der Waals surface area contributed by atoms with Gasteiger partial charge in [-0.1, -0.05) is 0 Å². The number of hydrogen-bond donors (Lipinski definition) is 2. The van der Waals surface area contributed by atoms with E-state index in [2.05, 4.69) is 9.72 Å². The summed E-state index contributed by atoms with van der Waals surface area (Å²) < 4.78 is 9.52. The fourth-order valence-corrected chi connectivity index (χ4v) is 1.25. The van der Waals surface area contributed by atoms with E-state index in [1.165, 1.54) is 25.6 Å². The summed E-state index contributed by atoms with van der Waals surface area (Å²) in [6.07, 6.45) is -0.233. The second kappa shape index (κ2) is 6.17. The Kier molecular flexibility index (Phi) is 4.86. The Labute approximate surface area is 98.8 Å². The molecule has 0 bridgehead atoms. The Morgan fingerprint density at radius 1 is 1.47 bits per heavy atom. The van der Waals surface area contributed by atoms with Crippen LogP contribution in [0.5, 0.6) is 5.75 Å². The Hall–Kier alpha value is -1.66. The quantitative estimate of drug-likeness (QED) is 0.708. The van der Waals surface area contributed by atoms with Crippen LogP contribution in [-0.4, -0.2) is 41.0 Å². The molecule has 94 valence electrons. The van der Waals surface area contributed by atoms with Crippen molar-refractivity contribution in [3.63, 3.8) is 0 Å². The van der Waals surface area contributed by atoms with Crippen LogP contribution in [0.15, 0.2) is 18.5 Å². The van der Waals surface area contributed by atoms with Crippen molar-refractivity contribution in [2.75, 3.05) is 13.7 Å². The Morgan fingerprint density at radius 2 is 2.18 bits per heavy atom. The summed E-state index contributed by atoms with van der Waals surface area (Å²) in [4.78, 5) is 15.0. The molecule has 6 heteroatoms. The number of pyridine rings is 1. The van der Waals surface area contributed by atoms with Gasteiger partial charge in [-0.2, -0.15) is 0 Å². The van der Waals surface area contributed by atoms with Gasteiger partial charge in [-0.3, -0.25) is 4.98 Å². The van der Waals surface area contributed by atoms with Crippen LogP contribution in [-0.2, 0) is 9.53 Å². The summed E-state index contributed by atoms with van der Waals surface area (Å²) >= 11 is 0. The van der Waals surface area contributed by atoms with Gasteiger partial charge in [-0.25, -0.2) is 4.79 Å². The van der Waals surface area contributed by atoms with E-state index in [1.807, 2.05) is 0 Å². The molecule has 0 amide bonds. The maximum Gasteiger partial charge on any atom is 0.338 e. The molecule has 0 spiro atoms. The highest BCUT2D eigenvalue weighted by Crippen LogP contribution is 2.20. The second-order valence-electron chi connectivity index (χ2n) is 3.30. The minimum Gasteiger partial charge on any atom is -0.495 e. The lowest BCUT2D eigenvalue weighted by Gasteiger charge is -2.16. The van der Waals surface area contributed by atoms with E-state index in [0.29, 0.717) is 5.75 Å². The largest absolute Gasteiger partial charge is 0.495 e. The fraction of sp³-hybridized carbons (Fsp3) is 0.455. The number of nitrogens with zero attached hydrogens (tertiary/aromatic N) is 1. The number of ether oxygens (including phenoxy) is 2.